The molecule has 104 valence electrons. The van der Waals surface area contributed by atoms with Gasteiger partial charge in [-0.3, -0.25) is 0 Å². The van der Waals surface area contributed by atoms with Crippen LogP contribution in [0, 0.1) is 0 Å². The summed E-state index contributed by atoms with van der Waals surface area (Å²) in [6.45, 7) is 8.90. The number of nitrogens with one attached hydrogen (secondary N) is 1. The molecule has 0 amide bonds. The normalized spacial score (nSPS) is 15.0. The Hall–Kier alpha value is -0.200. The van der Waals surface area contributed by atoms with E-state index in [2.05, 4.69) is 5.32 Å². The predicted molar refractivity (Wildman–Crippen MR) is 67.1 cm³/mol. The Morgan fingerprint density at radius 2 is 1.76 bits per heavy atom. The number of hydrogen-bond donors (Lipinski definition) is 3. The third-order valence-electron chi connectivity index (χ3n) is 3.05. The Morgan fingerprint density at radius 1 is 1.18 bits per heavy atom. The number of rotatable bonds is 9. The van der Waals surface area contributed by atoms with Crippen molar-refractivity contribution in [3.63, 3.8) is 0 Å². The summed E-state index contributed by atoms with van der Waals surface area (Å²) in [5.74, 6) is 0. The van der Waals surface area contributed by atoms with Gasteiger partial charge in [0.05, 0.1) is 31.5 Å². The molecule has 0 aromatic carbocycles. The minimum atomic E-state index is -0.858. The summed E-state index contributed by atoms with van der Waals surface area (Å²) in [5, 5.41) is 22.7. The van der Waals surface area contributed by atoms with E-state index in [1.54, 1.807) is 21.0 Å². The zero-order valence-corrected chi connectivity index (χ0v) is 11.6. The van der Waals surface area contributed by atoms with Gasteiger partial charge in [-0.2, -0.15) is 0 Å². The Balaban J connectivity index is 3.80. The van der Waals surface area contributed by atoms with E-state index in [4.69, 9.17) is 9.47 Å². The summed E-state index contributed by atoms with van der Waals surface area (Å²) in [5.41, 5.74) is -1.33. The maximum absolute atomic E-state index is 9.91. The predicted octanol–water partition coefficient (Wildman–Crippen LogP) is 0.149. The van der Waals surface area contributed by atoms with Crippen LogP contribution in [-0.4, -0.2) is 60.9 Å². The molecule has 0 heterocycles. The van der Waals surface area contributed by atoms with E-state index < -0.39 is 17.2 Å². The van der Waals surface area contributed by atoms with E-state index >= 15 is 0 Å². The average molecular weight is 249 g/mol. The first-order valence-electron chi connectivity index (χ1n) is 5.93. The molecule has 0 aliphatic carbocycles. The molecule has 1 atom stereocenters. The van der Waals surface area contributed by atoms with Crippen molar-refractivity contribution in [3.05, 3.63) is 0 Å². The highest BCUT2D eigenvalue weighted by molar-refractivity contribution is 4.93. The van der Waals surface area contributed by atoms with Gasteiger partial charge in [-0.15, -0.1) is 0 Å². The minimum absolute atomic E-state index is 0.262. The van der Waals surface area contributed by atoms with Crippen LogP contribution in [0.4, 0.5) is 0 Å². The second kappa shape index (κ2) is 7.28. The summed E-state index contributed by atoms with van der Waals surface area (Å²) in [6.07, 6.45) is -0.589. The molecule has 0 aromatic rings. The van der Waals surface area contributed by atoms with Gasteiger partial charge in [-0.25, -0.2) is 0 Å². The van der Waals surface area contributed by atoms with Crippen LogP contribution in [0.15, 0.2) is 0 Å². The first kappa shape index (κ1) is 16.8. The number of aliphatic hydroxyl groups excluding tert-OH is 1. The van der Waals surface area contributed by atoms with Crippen molar-refractivity contribution in [1.29, 1.82) is 0 Å². The van der Waals surface area contributed by atoms with E-state index in [0.717, 1.165) is 0 Å². The summed E-state index contributed by atoms with van der Waals surface area (Å²) in [6, 6.07) is 0. The smallest absolute Gasteiger partial charge is 0.0897 e. The van der Waals surface area contributed by atoms with Crippen LogP contribution in [-0.2, 0) is 9.47 Å². The number of hydrogen-bond acceptors (Lipinski definition) is 5. The highest BCUT2D eigenvalue weighted by Gasteiger charge is 2.34. The Morgan fingerprint density at radius 3 is 2.24 bits per heavy atom. The first-order valence-corrected chi connectivity index (χ1v) is 5.93. The van der Waals surface area contributed by atoms with Crippen LogP contribution in [0.25, 0.3) is 0 Å². The molecule has 0 radical (unpaired) electrons. The number of β-amino-alcohol motifs (C(OH)–C–C–N with tert-alkyl or cyclic N) is 1. The van der Waals surface area contributed by atoms with E-state index in [0.29, 0.717) is 19.8 Å². The summed E-state index contributed by atoms with van der Waals surface area (Å²) in [7, 11) is 1.60. The van der Waals surface area contributed by atoms with Crippen molar-refractivity contribution in [1.82, 2.24) is 5.32 Å². The largest absolute Gasteiger partial charge is 0.389 e. The van der Waals surface area contributed by atoms with Crippen LogP contribution in [0.1, 0.15) is 27.7 Å². The van der Waals surface area contributed by atoms with Gasteiger partial charge in [-0.1, -0.05) is 0 Å². The maximum Gasteiger partial charge on any atom is 0.0897 e. The molecule has 0 aromatic heterocycles. The fourth-order valence-electron chi connectivity index (χ4n) is 1.01. The summed E-state index contributed by atoms with van der Waals surface area (Å²) >= 11 is 0. The molecule has 0 bridgehead atoms. The molecule has 3 N–H and O–H groups in total. The van der Waals surface area contributed by atoms with Crippen LogP contribution < -0.4 is 5.32 Å². The lowest BCUT2D eigenvalue weighted by atomic mass is 9.86. The van der Waals surface area contributed by atoms with Gasteiger partial charge in [0.15, 0.2) is 0 Å². The number of aliphatic hydroxyl groups is 2. The molecular weight excluding hydrogens is 222 g/mol. The summed E-state index contributed by atoms with van der Waals surface area (Å²) in [4.78, 5) is 0. The van der Waals surface area contributed by atoms with Crippen LogP contribution in [0.3, 0.4) is 0 Å². The fraction of sp³-hybridized carbons (Fsp3) is 1.00. The fourth-order valence-corrected chi connectivity index (χ4v) is 1.01. The topological polar surface area (TPSA) is 71.0 Å². The second-order valence-corrected chi connectivity index (χ2v) is 5.29. The van der Waals surface area contributed by atoms with Crippen molar-refractivity contribution in [3.8, 4) is 0 Å². The standard InChI is InChI=1S/C12H27NO4/c1-11(2,12(3,4)15)13-8-10(14)9-17-7-6-16-5/h10,13-15H,6-9H2,1-5H3. The Bertz CT molecular complexity index is 201. The molecule has 0 saturated heterocycles. The molecule has 0 fully saturated rings. The average Bonchev–Trinajstić information content (AvgIpc) is 2.20. The molecule has 0 saturated carbocycles. The van der Waals surface area contributed by atoms with E-state index in [1.807, 2.05) is 13.8 Å². The molecule has 0 spiro atoms. The lowest BCUT2D eigenvalue weighted by Gasteiger charge is -2.38. The van der Waals surface area contributed by atoms with E-state index in [1.165, 1.54) is 0 Å². The number of methoxy groups -OCH3 is 1. The van der Waals surface area contributed by atoms with Crippen molar-refractivity contribution in [2.45, 2.75) is 44.9 Å². The molecule has 0 aliphatic heterocycles. The first-order chi connectivity index (χ1) is 7.70. The zero-order valence-electron chi connectivity index (χ0n) is 11.6. The Labute approximate surface area is 104 Å². The monoisotopic (exact) mass is 249 g/mol. The molecular formula is C12H27NO4. The van der Waals surface area contributed by atoms with Crippen LogP contribution >= 0.6 is 0 Å². The Kier molecular flexibility index (Phi) is 7.20. The van der Waals surface area contributed by atoms with Gasteiger partial charge >= 0.3 is 0 Å². The van der Waals surface area contributed by atoms with Crippen LogP contribution in [0.5, 0.6) is 0 Å². The lowest BCUT2D eigenvalue weighted by molar-refractivity contribution is -0.0210. The van der Waals surface area contributed by atoms with Gasteiger partial charge in [0, 0.05) is 19.2 Å². The van der Waals surface area contributed by atoms with Gasteiger partial charge in [0.2, 0.25) is 0 Å². The van der Waals surface area contributed by atoms with E-state index in [-0.39, 0.29) is 6.61 Å². The van der Waals surface area contributed by atoms with Gasteiger partial charge < -0.3 is 25.0 Å². The van der Waals surface area contributed by atoms with Crippen molar-refractivity contribution < 1.29 is 19.7 Å². The number of ether oxygens (including phenoxy) is 2. The molecule has 0 rings (SSSR count). The molecule has 5 heteroatoms. The van der Waals surface area contributed by atoms with Gasteiger partial charge in [0.1, 0.15) is 0 Å². The highest BCUT2D eigenvalue weighted by Crippen LogP contribution is 2.20. The lowest BCUT2D eigenvalue weighted by Crippen LogP contribution is -2.57. The molecule has 5 nitrogen and oxygen atoms in total. The molecule has 1 unspecified atom stereocenters. The quantitative estimate of drug-likeness (QED) is 0.507. The van der Waals surface area contributed by atoms with Crippen molar-refractivity contribution >= 4 is 0 Å². The third kappa shape index (κ3) is 6.95. The maximum atomic E-state index is 9.91. The highest BCUT2D eigenvalue weighted by atomic mass is 16.5. The van der Waals surface area contributed by atoms with E-state index in [9.17, 15) is 10.2 Å². The van der Waals surface area contributed by atoms with Crippen molar-refractivity contribution in [2.24, 2.45) is 0 Å². The molecule has 17 heavy (non-hydrogen) atoms. The summed E-state index contributed by atoms with van der Waals surface area (Å²) < 4.78 is 10.0. The SMILES string of the molecule is COCCOCC(O)CNC(C)(C)C(C)(C)O. The van der Waals surface area contributed by atoms with Gasteiger partial charge in [-0.05, 0) is 27.7 Å². The third-order valence-corrected chi connectivity index (χ3v) is 3.05. The minimum Gasteiger partial charge on any atom is -0.389 e. The molecule has 0 aliphatic rings. The van der Waals surface area contributed by atoms with Crippen molar-refractivity contribution in [2.75, 3.05) is 33.5 Å². The van der Waals surface area contributed by atoms with Crippen LogP contribution in [0.2, 0.25) is 0 Å². The van der Waals surface area contributed by atoms with Gasteiger partial charge in [0.25, 0.3) is 0 Å². The zero-order chi connectivity index (χ0) is 13.5. The second-order valence-electron chi connectivity index (χ2n) is 5.29.